The Kier molecular flexibility index (Phi) is 5.15. The summed E-state index contributed by atoms with van der Waals surface area (Å²) < 4.78 is 26.1. The minimum absolute atomic E-state index is 0.0415. The number of halogens is 2. The molecule has 0 saturated carbocycles. The maximum absolute atomic E-state index is 11.9. The van der Waals surface area contributed by atoms with Crippen LogP contribution in [0.25, 0.3) is 0 Å². The van der Waals surface area contributed by atoms with E-state index < -0.39 is 16.1 Å². The molecule has 0 radical (unpaired) electrons. The van der Waals surface area contributed by atoms with Crippen molar-refractivity contribution < 1.29 is 13.5 Å². The third-order valence-electron chi connectivity index (χ3n) is 2.12. The Morgan fingerprint density at radius 2 is 2.18 bits per heavy atom. The van der Waals surface area contributed by atoms with Crippen molar-refractivity contribution in [1.29, 1.82) is 0 Å². The van der Waals surface area contributed by atoms with Gasteiger partial charge in [0.1, 0.15) is 10.0 Å². The molecule has 0 aliphatic rings. The lowest BCUT2D eigenvalue weighted by atomic mass is 10.3. The second kappa shape index (κ2) is 5.97. The average Bonchev–Trinajstić information content (AvgIpc) is 2.29. The Labute approximate surface area is 110 Å². The van der Waals surface area contributed by atoms with Gasteiger partial charge in [0.05, 0.1) is 11.6 Å². The molecule has 0 aliphatic carbocycles. The van der Waals surface area contributed by atoms with Crippen LogP contribution < -0.4 is 4.72 Å². The van der Waals surface area contributed by atoms with E-state index in [0.29, 0.717) is 6.42 Å². The monoisotopic (exact) mass is 298 g/mol. The minimum Gasteiger partial charge on any atom is -0.395 e. The van der Waals surface area contributed by atoms with E-state index in [2.05, 4.69) is 9.71 Å². The highest BCUT2D eigenvalue weighted by Crippen LogP contribution is 2.22. The van der Waals surface area contributed by atoms with Crippen molar-refractivity contribution >= 4 is 33.2 Å². The van der Waals surface area contributed by atoms with Crippen LogP contribution in [0.5, 0.6) is 0 Å². The number of hydrogen-bond acceptors (Lipinski definition) is 4. The van der Waals surface area contributed by atoms with E-state index in [9.17, 15) is 8.42 Å². The second-order valence-corrected chi connectivity index (χ2v) is 5.83. The van der Waals surface area contributed by atoms with E-state index in [1.54, 1.807) is 6.92 Å². The summed E-state index contributed by atoms with van der Waals surface area (Å²) in [7, 11) is -3.74. The zero-order valence-electron chi connectivity index (χ0n) is 9.02. The molecule has 1 rings (SSSR count). The zero-order chi connectivity index (χ0) is 13.1. The topological polar surface area (TPSA) is 79.3 Å². The Hall–Kier alpha value is -0.400. The van der Waals surface area contributed by atoms with Crippen LogP contribution in [0, 0.1) is 0 Å². The number of sulfonamides is 1. The summed E-state index contributed by atoms with van der Waals surface area (Å²) in [5.74, 6) is 0. The third kappa shape index (κ3) is 3.79. The molecular weight excluding hydrogens is 287 g/mol. The van der Waals surface area contributed by atoms with Crippen molar-refractivity contribution in [3.8, 4) is 0 Å². The predicted molar refractivity (Wildman–Crippen MR) is 65.7 cm³/mol. The van der Waals surface area contributed by atoms with Gasteiger partial charge in [-0.15, -0.1) is 0 Å². The first-order chi connectivity index (χ1) is 7.90. The number of aliphatic hydroxyl groups excluding tert-OH is 1. The summed E-state index contributed by atoms with van der Waals surface area (Å²) in [4.78, 5) is 3.57. The number of aromatic nitrogens is 1. The lowest BCUT2D eigenvalue weighted by molar-refractivity contribution is 0.254. The van der Waals surface area contributed by atoms with Crippen LogP contribution in [-0.2, 0) is 10.0 Å². The first-order valence-corrected chi connectivity index (χ1v) is 7.08. The molecule has 5 nitrogen and oxygen atoms in total. The maximum Gasteiger partial charge on any atom is 0.242 e. The molecule has 0 spiro atoms. The summed E-state index contributed by atoms with van der Waals surface area (Å²) in [6, 6.07) is 0.679. The second-order valence-electron chi connectivity index (χ2n) is 3.35. The predicted octanol–water partition coefficient (Wildman–Crippen LogP) is 1.44. The molecule has 1 heterocycles. The largest absolute Gasteiger partial charge is 0.395 e. The van der Waals surface area contributed by atoms with Gasteiger partial charge in [-0.05, 0) is 12.5 Å². The Bertz CT molecular complexity index is 489. The molecule has 96 valence electrons. The average molecular weight is 299 g/mol. The van der Waals surface area contributed by atoms with E-state index in [4.69, 9.17) is 28.3 Å². The highest BCUT2D eigenvalue weighted by molar-refractivity contribution is 7.89. The Morgan fingerprint density at radius 3 is 2.65 bits per heavy atom. The number of aliphatic hydroxyl groups is 1. The smallest absolute Gasteiger partial charge is 0.242 e. The lowest BCUT2D eigenvalue weighted by Gasteiger charge is -2.14. The van der Waals surface area contributed by atoms with E-state index in [1.165, 1.54) is 6.07 Å². The van der Waals surface area contributed by atoms with Crippen LogP contribution >= 0.6 is 23.2 Å². The summed E-state index contributed by atoms with van der Waals surface area (Å²) in [5.41, 5.74) is 0. The fourth-order valence-electron chi connectivity index (χ4n) is 1.09. The number of hydrogen-bond donors (Lipinski definition) is 2. The summed E-state index contributed by atoms with van der Waals surface area (Å²) in [5, 5.41) is 9.05. The van der Waals surface area contributed by atoms with Crippen LogP contribution in [0.4, 0.5) is 0 Å². The van der Waals surface area contributed by atoms with Gasteiger partial charge in [-0.25, -0.2) is 18.1 Å². The van der Waals surface area contributed by atoms with Crippen LogP contribution in [0.3, 0.4) is 0 Å². The van der Waals surface area contributed by atoms with Gasteiger partial charge in [0.15, 0.2) is 0 Å². The molecule has 0 fully saturated rings. The molecule has 0 amide bonds. The molecule has 0 aliphatic heterocycles. The highest BCUT2D eigenvalue weighted by Gasteiger charge is 2.19. The maximum atomic E-state index is 11.9. The van der Waals surface area contributed by atoms with Gasteiger partial charge < -0.3 is 5.11 Å². The van der Waals surface area contributed by atoms with Crippen LogP contribution in [0.15, 0.2) is 17.2 Å². The molecule has 1 aromatic rings. The van der Waals surface area contributed by atoms with Crippen molar-refractivity contribution in [3.05, 3.63) is 22.4 Å². The molecule has 0 saturated heterocycles. The number of pyridine rings is 1. The van der Waals surface area contributed by atoms with Gasteiger partial charge in [-0.1, -0.05) is 30.1 Å². The molecule has 0 bridgehead atoms. The molecule has 2 N–H and O–H groups in total. The zero-order valence-corrected chi connectivity index (χ0v) is 11.3. The van der Waals surface area contributed by atoms with Gasteiger partial charge in [-0.3, -0.25) is 0 Å². The van der Waals surface area contributed by atoms with Crippen LogP contribution in [-0.4, -0.2) is 31.2 Å². The molecular formula is C9H12Cl2N2O3S. The fraction of sp³-hybridized carbons (Fsp3) is 0.444. The number of rotatable bonds is 5. The van der Waals surface area contributed by atoms with E-state index in [0.717, 1.165) is 6.20 Å². The third-order valence-corrected chi connectivity index (χ3v) is 4.29. The van der Waals surface area contributed by atoms with Gasteiger partial charge in [0, 0.05) is 12.2 Å². The van der Waals surface area contributed by atoms with Crippen LogP contribution in [0.2, 0.25) is 10.2 Å². The van der Waals surface area contributed by atoms with Crippen molar-refractivity contribution in [2.75, 3.05) is 6.61 Å². The lowest BCUT2D eigenvalue weighted by Crippen LogP contribution is -2.36. The first kappa shape index (κ1) is 14.7. The molecule has 8 heteroatoms. The molecule has 0 unspecified atom stereocenters. The molecule has 0 aromatic carbocycles. The highest BCUT2D eigenvalue weighted by atomic mass is 35.5. The van der Waals surface area contributed by atoms with Gasteiger partial charge in [-0.2, -0.15) is 0 Å². The van der Waals surface area contributed by atoms with Gasteiger partial charge in [0.25, 0.3) is 0 Å². The van der Waals surface area contributed by atoms with Crippen molar-refractivity contribution in [3.63, 3.8) is 0 Å². The van der Waals surface area contributed by atoms with Gasteiger partial charge in [0.2, 0.25) is 10.0 Å². The summed E-state index contributed by atoms with van der Waals surface area (Å²) in [6.07, 6.45) is 1.59. The summed E-state index contributed by atoms with van der Waals surface area (Å²) in [6.45, 7) is 1.49. The van der Waals surface area contributed by atoms with Crippen molar-refractivity contribution in [1.82, 2.24) is 9.71 Å². The standard InChI is InChI=1S/C9H12Cl2N2O3S/c1-2-6(5-14)13-17(15,16)7-3-8(10)9(11)12-4-7/h3-4,6,13-14H,2,5H2,1H3/t6-/m1/s1. The quantitative estimate of drug-likeness (QED) is 0.806. The Balaban J connectivity index is 3.01. The van der Waals surface area contributed by atoms with E-state index in [-0.39, 0.29) is 21.7 Å². The van der Waals surface area contributed by atoms with Crippen molar-refractivity contribution in [2.24, 2.45) is 0 Å². The minimum atomic E-state index is -3.74. The molecule has 17 heavy (non-hydrogen) atoms. The van der Waals surface area contributed by atoms with Crippen molar-refractivity contribution in [2.45, 2.75) is 24.3 Å². The summed E-state index contributed by atoms with van der Waals surface area (Å²) >= 11 is 11.3. The number of nitrogens with zero attached hydrogens (tertiary/aromatic N) is 1. The SMILES string of the molecule is CC[C@H](CO)NS(=O)(=O)c1cnc(Cl)c(Cl)c1. The number of nitrogens with one attached hydrogen (secondary N) is 1. The first-order valence-electron chi connectivity index (χ1n) is 4.85. The molecule has 1 aromatic heterocycles. The van der Waals surface area contributed by atoms with Crippen LogP contribution in [0.1, 0.15) is 13.3 Å². The van der Waals surface area contributed by atoms with E-state index >= 15 is 0 Å². The fourth-order valence-corrected chi connectivity index (χ4v) is 2.70. The Morgan fingerprint density at radius 1 is 1.53 bits per heavy atom. The van der Waals surface area contributed by atoms with Gasteiger partial charge >= 0.3 is 0 Å². The van der Waals surface area contributed by atoms with E-state index in [1.807, 2.05) is 0 Å². The molecule has 1 atom stereocenters. The normalized spacial score (nSPS) is 13.6.